The number of amides is 1. The Labute approximate surface area is 195 Å². The van der Waals surface area contributed by atoms with E-state index in [2.05, 4.69) is 10.5 Å². The molecule has 0 aromatic heterocycles. The highest BCUT2D eigenvalue weighted by Gasteiger charge is 2.16. The van der Waals surface area contributed by atoms with Crippen LogP contribution >= 0.6 is 23.2 Å². The molecule has 0 bridgehead atoms. The highest BCUT2D eigenvalue weighted by Crippen LogP contribution is 2.28. The summed E-state index contributed by atoms with van der Waals surface area (Å²) >= 11 is 11.9. The van der Waals surface area contributed by atoms with Gasteiger partial charge in [0.05, 0.1) is 16.8 Å². The lowest BCUT2D eigenvalue weighted by Gasteiger charge is -2.14. The zero-order chi connectivity index (χ0) is 23.1. The minimum atomic E-state index is -0.825. The molecule has 0 unspecified atom stereocenters. The van der Waals surface area contributed by atoms with Crippen LogP contribution in [0, 0.1) is 6.92 Å². The Hall–Kier alpha value is -3.35. The van der Waals surface area contributed by atoms with Crippen LogP contribution in [0.5, 0.6) is 11.5 Å². The lowest BCUT2D eigenvalue weighted by Crippen LogP contribution is -2.33. The van der Waals surface area contributed by atoms with Gasteiger partial charge in [0, 0.05) is 5.02 Å². The van der Waals surface area contributed by atoms with Gasteiger partial charge in [0.2, 0.25) is 0 Å². The number of rotatable bonds is 7. The van der Waals surface area contributed by atoms with Crippen molar-refractivity contribution in [3.05, 3.63) is 93.5 Å². The fraction of sp³-hybridized carbons (Fsp3) is 0.125. The lowest BCUT2D eigenvalue weighted by molar-refractivity contribution is -0.127. The van der Waals surface area contributed by atoms with Crippen molar-refractivity contribution in [3.63, 3.8) is 0 Å². The maximum Gasteiger partial charge on any atom is 0.343 e. The van der Waals surface area contributed by atoms with Crippen molar-refractivity contribution < 1.29 is 19.1 Å². The molecule has 0 heterocycles. The van der Waals surface area contributed by atoms with E-state index in [9.17, 15) is 9.59 Å². The monoisotopic (exact) mass is 470 g/mol. The van der Waals surface area contributed by atoms with Crippen molar-refractivity contribution in [2.24, 2.45) is 5.10 Å². The molecule has 0 saturated heterocycles. The molecule has 1 atom stereocenters. The van der Waals surface area contributed by atoms with Crippen LogP contribution < -0.4 is 14.9 Å². The summed E-state index contributed by atoms with van der Waals surface area (Å²) in [6.45, 7) is 3.42. The topological polar surface area (TPSA) is 77.0 Å². The van der Waals surface area contributed by atoms with Gasteiger partial charge in [-0.1, -0.05) is 41.4 Å². The van der Waals surface area contributed by atoms with Crippen molar-refractivity contribution in [1.29, 1.82) is 0 Å². The van der Waals surface area contributed by atoms with Crippen molar-refractivity contribution in [1.82, 2.24) is 5.43 Å². The van der Waals surface area contributed by atoms with Gasteiger partial charge in [0.15, 0.2) is 6.10 Å². The van der Waals surface area contributed by atoms with Crippen LogP contribution in [0.4, 0.5) is 0 Å². The molecule has 1 amide bonds. The average Bonchev–Trinajstić information content (AvgIpc) is 2.77. The Morgan fingerprint density at radius 3 is 2.44 bits per heavy atom. The number of esters is 1. The predicted molar refractivity (Wildman–Crippen MR) is 125 cm³/mol. The lowest BCUT2D eigenvalue weighted by atomic mass is 10.1. The smallest absolute Gasteiger partial charge is 0.343 e. The molecule has 0 spiro atoms. The number of benzene rings is 3. The number of ether oxygens (including phenoxy) is 2. The van der Waals surface area contributed by atoms with Crippen LogP contribution in [-0.2, 0) is 4.79 Å². The maximum absolute atomic E-state index is 12.3. The van der Waals surface area contributed by atoms with Crippen LogP contribution in [0.2, 0.25) is 10.0 Å². The Balaban J connectivity index is 1.52. The van der Waals surface area contributed by atoms with Gasteiger partial charge in [-0.2, -0.15) is 5.10 Å². The van der Waals surface area contributed by atoms with Gasteiger partial charge in [0.1, 0.15) is 11.5 Å². The number of carbonyl (C=O) groups is 2. The first-order valence-corrected chi connectivity index (χ1v) is 10.4. The number of carbonyl (C=O) groups excluding carboxylic acids is 2. The first kappa shape index (κ1) is 23.3. The van der Waals surface area contributed by atoms with E-state index in [-0.39, 0.29) is 0 Å². The second-order valence-electron chi connectivity index (χ2n) is 6.84. The van der Waals surface area contributed by atoms with Crippen LogP contribution in [0.15, 0.2) is 71.8 Å². The van der Waals surface area contributed by atoms with Crippen LogP contribution in [0.3, 0.4) is 0 Å². The summed E-state index contributed by atoms with van der Waals surface area (Å²) in [6, 6.07) is 18.7. The van der Waals surface area contributed by atoms with Crippen molar-refractivity contribution in [2.45, 2.75) is 20.0 Å². The molecule has 0 aliphatic rings. The van der Waals surface area contributed by atoms with Gasteiger partial charge in [0.25, 0.3) is 5.91 Å². The first-order valence-electron chi connectivity index (χ1n) is 9.66. The van der Waals surface area contributed by atoms with E-state index in [4.69, 9.17) is 32.7 Å². The quantitative estimate of drug-likeness (QED) is 0.216. The normalized spacial score (nSPS) is 11.8. The first-order chi connectivity index (χ1) is 15.3. The van der Waals surface area contributed by atoms with Crippen LogP contribution in [0.25, 0.3) is 0 Å². The summed E-state index contributed by atoms with van der Waals surface area (Å²) in [5.74, 6) is -0.123. The number of halogens is 2. The minimum absolute atomic E-state index is 0.309. The van der Waals surface area contributed by atoms with E-state index in [1.165, 1.54) is 12.3 Å². The largest absolute Gasteiger partial charge is 0.479 e. The molecule has 32 heavy (non-hydrogen) atoms. The molecule has 0 aliphatic carbocycles. The van der Waals surface area contributed by atoms with Crippen LogP contribution in [-0.4, -0.2) is 24.2 Å². The van der Waals surface area contributed by atoms with Gasteiger partial charge in [-0.25, -0.2) is 10.2 Å². The van der Waals surface area contributed by atoms with Gasteiger partial charge < -0.3 is 9.47 Å². The number of nitrogens with zero attached hydrogens (tertiary/aromatic N) is 1. The third kappa shape index (κ3) is 6.33. The zero-order valence-corrected chi connectivity index (χ0v) is 18.9. The predicted octanol–water partition coefficient (Wildman–Crippen LogP) is 5.44. The fourth-order valence-electron chi connectivity index (χ4n) is 2.66. The van der Waals surface area contributed by atoms with Gasteiger partial charge in [-0.05, 0) is 73.5 Å². The molecule has 0 saturated carbocycles. The third-order valence-corrected chi connectivity index (χ3v) is 4.94. The Bertz CT molecular complexity index is 1150. The molecule has 1 N–H and O–H groups in total. The molecule has 3 aromatic carbocycles. The van der Waals surface area contributed by atoms with Crippen LogP contribution in [0.1, 0.15) is 28.4 Å². The highest BCUT2D eigenvalue weighted by molar-refractivity contribution is 6.35. The molecule has 164 valence electrons. The van der Waals surface area contributed by atoms with E-state index in [1.54, 1.807) is 55.5 Å². The molecule has 6 nitrogen and oxygen atoms in total. The molecular formula is C24H20Cl2N2O4. The third-order valence-electron chi connectivity index (χ3n) is 4.41. The standard InChI is InChI=1S/C24H20Cl2N2O4/c1-15-5-3-4-6-20(15)24(30)32-19-10-7-17(8-11-19)14-27-28-23(29)16(2)31-22-12-9-18(25)13-21(22)26/h3-14,16H,1-2H3,(H,28,29)/b27-14-/t16-/m0/s1. The fourth-order valence-corrected chi connectivity index (χ4v) is 3.12. The summed E-state index contributed by atoms with van der Waals surface area (Å²) in [5.41, 5.74) is 4.46. The number of hydrogen-bond acceptors (Lipinski definition) is 5. The van der Waals surface area contributed by atoms with E-state index in [0.717, 1.165) is 5.56 Å². The molecule has 0 fully saturated rings. The summed E-state index contributed by atoms with van der Waals surface area (Å²) in [6.07, 6.45) is 0.640. The van der Waals surface area contributed by atoms with E-state index < -0.39 is 18.0 Å². The highest BCUT2D eigenvalue weighted by atomic mass is 35.5. The van der Waals surface area contributed by atoms with Crippen molar-refractivity contribution >= 4 is 41.3 Å². The number of aryl methyl sites for hydroxylation is 1. The van der Waals surface area contributed by atoms with Gasteiger partial charge >= 0.3 is 5.97 Å². The maximum atomic E-state index is 12.3. The molecule has 8 heteroatoms. The SMILES string of the molecule is Cc1ccccc1C(=O)Oc1ccc(/C=N\NC(=O)[C@H](C)Oc2ccc(Cl)cc2Cl)cc1. The van der Waals surface area contributed by atoms with E-state index in [0.29, 0.717) is 32.7 Å². The number of nitrogens with one attached hydrogen (secondary N) is 1. The van der Waals surface area contributed by atoms with Crippen molar-refractivity contribution in [3.8, 4) is 11.5 Å². The molecular weight excluding hydrogens is 451 g/mol. The van der Waals surface area contributed by atoms with Crippen molar-refractivity contribution in [2.75, 3.05) is 0 Å². The van der Waals surface area contributed by atoms with E-state index >= 15 is 0 Å². The Kier molecular flexibility index (Phi) is 7.87. The number of hydrogen-bond donors (Lipinski definition) is 1. The molecule has 0 aliphatic heterocycles. The molecule has 3 aromatic rings. The molecule has 3 rings (SSSR count). The second kappa shape index (κ2) is 10.8. The summed E-state index contributed by atoms with van der Waals surface area (Å²) in [7, 11) is 0. The second-order valence-corrected chi connectivity index (χ2v) is 7.69. The zero-order valence-electron chi connectivity index (χ0n) is 17.3. The van der Waals surface area contributed by atoms with Gasteiger partial charge in [-0.3, -0.25) is 4.79 Å². The summed E-state index contributed by atoms with van der Waals surface area (Å²) < 4.78 is 10.9. The van der Waals surface area contributed by atoms with E-state index in [1.807, 2.05) is 19.1 Å². The van der Waals surface area contributed by atoms with Gasteiger partial charge in [-0.15, -0.1) is 0 Å². The Morgan fingerprint density at radius 2 is 1.75 bits per heavy atom. The summed E-state index contributed by atoms with van der Waals surface area (Å²) in [5, 5.41) is 4.71. The minimum Gasteiger partial charge on any atom is -0.479 e. The number of hydrazone groups is 1. The molecule has 0 radical (unpaired) electrons. The summed E-state index contributed by atoms with van der Waals surface area (Å²) in [4.78, 5) is 24.5. The Morgan fingerprint density at radius 1 is 1.03 bits per heavy atom. The average molecular weight is 471 g/mol.